The maximum Gasteiger partial charge on any atom is 0.416 e. The second-order valence-electron chi connectivity index (χ2n) is 5.24. The predicted molar refractivity (Wildman–Crippen MR) is 80.0 cm³/mol. The summed E-state index contributed by atoms with van der Waals surface area (Å²) < 4.78 is 39.8. The molecule has 0 unspecified atom stereocenters. The molecular weight excluding hydrogens is 307 g/mol. The number of hydrogen-bond acceptors (Lipinski definition) is 2. The quantitative estimate of drug-likeness (QED) is 0.936. The Balaban J connectivity index is 2.13. The number of carbonyl (C=O) groups excluding carboxylic acids is 1. The first-order valence-electron chi connectivity index (χ1n) is 7.22. The summed E-state index contributed by atoms with van der Waals surface area (Å²) >= 11 is 0. The van der Waals surface area contributed by atoms with E-state index >= 15 is 0 Å². The molecule has 0 radical (unpaired) electrons. The van der Waals surface area contributed by atoms with Crippen LogP contribution < -0.4 is 5.32 Å². The van der Waals surface area contributed by atoms with E-state index in [2.05, 4.69) is 10.4 Å². The molecule has 1 N–H and O–H groups in total. The van der Waals surface area contributed by atoms with E-state index in [9.17, 15) is 18.0 Å². The van der Waals surface area contributed by atoms with Gasteiger partial charge >= 0.3 is 6.18 Å². The maximum atomic E-state index is 12.7. The van der Waals surface area contributed by atoms with Gasteiger partial charge in [-0.25, -0.2) is 0 Å². The third-order valence-electron chi connectivity index (χ3n) is 3.62. The van der Waals surface area contributed by atoms with Gasteiger partial charge in [0.1, 0.15) is 0 Å². The van der Waals surface area contributed by atoms with Crippen molar-refractivity contribution in [1.82, 2.24) is 15.1 Å². The summed E-state index contributed by atoms with van der Waals surface area (Å²) in [6.07, 6.45) is -4.39. The topological polar surface area (TPSA) is 46.9 Å². The van der Waals surface area contributed by atoms with Gasteiger partial charge in [0.2, 0.25) is 0 Å². The van der Waals surface area contributed by atoms with Crippen molar-refractivity contribution >= 4 is 5.91 Å². The Morgan fingerprint density at radius 3 is 2.57 bits per heavy atom. The Labute approximate surface area is 132 Å². The molecule has 0 aliphatic heterocycles. The molecule has 1 heterocycles. The molecule has 1 amide bonds. The zero-order chi connectivity index (χ0) is 17.2. The number of nitrogens with one attached hydrogen (secondary N) is 1. The van der Waals surface area contributed by atoms with E-state index in [0.717, 1.165) is 17.8 Å². The molecule has 0 aliphatic rings. The lowest BCUT2D eigenvalue weighted by Gasteiger charge is -2.10. The van der Waals surface area contributed by atoms with Gasteiger partial charge in [0.15, 0.2) is 0 Å². The molecule has 0 saturated carbocycles. The van der Waals surface area contributed by atoms with Gasteiger partial charge in [0, 0.05) is 18.8 Å². The van der Waals surface area contributed by atoms with Crippen LogP contribution in [0, 0.1) is 13.8 Å². The number of aryl methyl sites for hydroxylation is 2. The number of aromatic nitrogens is 2. The summed E-state index contributed by atoms with van der Waals surface area (Å²) in [7, 11) is 0. The normalized spacial score (nSPS) is 11.6. The first kappa shape index (κ1) is 17.1. The second-order valence-corrected chi connectivity index (χ2v) is 5.24. The van der Waals surface area contributed by atoms with Gasteiger partial charge in [-0.2, -0.15) is 18.3 Å². The van der Waals surface area contributed by atoms with Crippen molar-refractivity contribution in [3.8, 4) is 0 Å². The highest BCUT2D eigenvalue weighted by atomic mass is 19.4. The number of alkyl halides is 3. The van der Waals surface area contributed by atoms with Crippen molar-refractivity contribution in [2.75, 3.05) is 0 Å². The molecule has 0 atom stereocenters. The molecule has 0 aliphatic carbocycles. The van der Waals surface area contributed by atoms with Gasteiger partial charge < -0.3 is 5.32 Å². The Morgan fingerprint density at radius 1 is 1.30 bits per heavy atom. The van der Waals surface area contributed by atoms with E-state index in [-0.39, 0.29) is 12.5 Å². The van der Waals surface area contributed by atoms with Gasteiger partial charge in [-0.1, -0.05) is 12.1 Å². The first-order chi connectivity index (χ1) is 10.7. The minimum atomic E-state index is -4.39. The molecule has 0 spiro atoms. The van der Waals surface area contributed by atoms with Crippen LogP contribution >= 0.6 is 0 Å². The number of carbonyl (C=O) groups is 1. The van der Waals surface area contributed by atoms with Crippen LogP contribution in [0.1, 0.15) is 39.8 Å². The summed E-state index contributed by atoms with van der Waals surface area (Å²) in [6.45, 7) is 6.12. The highest BCUT2D eigenvalue weighted by Crippen LogP contribution is 2.29. The standard InChI is InChI=1S/C16H18F3N3O/c1-4-22-11(3)14(10(2)21-22)15(23)20-9-12-6-5-7-13(8-12)16(17,18)19/h5-8H,4,9H2,1-3H3,(H,20,23). The van der Waals surface area contributed by atoms with Crippen molar-refractivity contribution in [3.63, 3.8) is 0 Å². The number of hydrogen-bond donors (Lipinski definition) is 1. The number of nitrogens with zero attached hydrogens (tertiary/aromatic N) is 2. The van der Waals surface area contributed by atoms with Crippen LogP contribution in [0.15, 0.2) is 24.3 Å². The van der Waals surface area contributed by atoms with E-state index < -0.39 is 11.7 Å². The average molecular weight is 325 g/mol. The van der Waals surface area contributed by atoms with E-state index in [1.165, 1.54) is 6.07 Å². The van der Waals surface area contributed by atoms with Gasteiger partial charge in [0.05, 0.1) is 16.8 Å². The van der Waals surface area contributed by atoms with E-state index in [0.29, 0.717) is 23.4 Å². The summed E-state index contributed by atoms with van der Waals surface area (Å²) in [5.41, 5.74) is 1.48. The number of rotatable bonds is 4. The van der Waals surface area contributed by atoms with Gasteiger partial charge in [0.25, 0.3) is 5.91 Å². The monoisotopic (exact) mass is 325 g/mol. The lowest BCUT2D eigenvalue weighted by Crippen LogP contribution is -2.24. The fraction of sp³-hybridized carbons (Fsp3) is 0.375. The number of benzene rings is 1. The fourth-order valence-corrected chi connectivity index (χ4v) is 2.46. The molecule has 2 rings (SSSR count). The molecule has 2 aromatic rings. The highest BCUT2D eigenvalue weighted by Gasteiger charge is 2.30. The van der Waals surface area contributed by atoms with Crippen LogP contribution in [-0.2, 0) is 19.3 Å². The van der Waals surface area contributed by atoms with Crippen molar-refractivity contribution in [2.45, 2.75) is 40.0 Å². The third kappa shape index (κ3) is 3.72. The van der Waals surface area contributed by atoms with Crippen LogP contribution in [-0.4, -0.2) is 15.7 Å². The van der Waals surface area contributed by atoms with Crippen LogP contribution in [0.5, 0.6) is 0 Å². The first-order valence-corrected chi connectivity index (χ1v) is 7.22. The van der Waals surface area contributed by atoms with Crippen molar-refractivity contribution in [2.24, 2.45) is 0 Å². The highest BCUT2D eigenvalue weighted by molar-refractivity contribution is 5.96. The molecule has 0 fully saturated rings. The van der Waals surface area contributed by atoms with Crippen molar-refractivity contribution < 1.29 is 18.0 Å². The van der Waals surface area contributed by atoms with Crippen LogP contribution in [0.3, 0.4) is 0 Å². The van der Waals surface area contributed by atoms with Crippen LogP contribution in [0.25, 0.3) is 0 Å². The lowest BCUT2D eigenvalue weighted by atomic mass is 10.1. The zero-order valence-corrected chi connectivity index (χ0v) is 13.2. The molecule has 7 heteroatoms. The number of halogens is 3. The summed E-state index contributed by atoms with van der Waals surface area (Å²) in [5.74, 6) is -0.336. The minimum absolute atomic E-state index is 0.0267. The lowest BCUT2D eigenvalue weighted by molar-refractivity contribution is -0.137. The van der Waals surface area contributed by atoms with Crippen LogP contribution in [0.4, 0.5) is 13.2 Å². The van der Waals surface area contributed by atoms with Crippen molar-refractivity contribution in [3.05, 3.63) is 52.3 Å². The third-order valence-corrected chi connectivity index (χ3v) is 3.62. The Bertz CT molecular complexity index is 720. The van der Waals surface area contributed by atoms with E-state index in [4.69, 9.17) is 0 Å². The molecule has 4 nitrogen and oxygen atoms in total. The molecule has 1 aromatic carbocycles. The predicted octanol–water partition coefficient (Wildman–Crippen LogP) is 3.47. The smallest absolute Gasteiger partial charge is 0.348 e. The largest absolute Gasteiger partial charge is 0.416 e. The van der Waals surface area contributed by atoms with E-state index in [1.807, 2.05) is 6.92 Å². The van der Waals surface area contributed by atoms with Crippen LogP contribution in [0.2, 0.25) is 0 Å². The molecule has 1 aromatic heterocycles. The average Bonchev–Trinajstić information content (AvgIpc) is 2.78. The summed E-state index contributed by atoms with van der Waals surface area (Å²) in [5, 5.41) is 6.91. The maximum absolute atomic E-state index is 12.7. The Hall–Kier alpha value is -2.31. The molecule has 124 valence electrons. The minimum Gasteiger partial charge on any atom is -0.348 e. The molecular formula is C16H18F3N3O. The van der Waals surface area contributed by atoms with Gasteiger partial charge in [-0.15, -0.1) is 0 Å². The Morgan fingerprint density at radius 2 is 2.00 bits per heavy atom. The Kier molecular flexibility index (Phi) is 4.77. The van der Waals surface area contributed by atoms with Gasteiger partial charge in [-0.05, 0) is 38.5 Å². The molecule has 0 bridgehead atoms. The number of amides is 1. The van der Waals surface area contributed by atoms with Crippen molar-refractivity contribution in [1.29, 1.82) is 0 Å². The fourth-order valence-electron chi connectivity index (χ4n) is 2.46. The summed E-state index contributed by atoms with van der Waals surface area (Å²) in [4.78, 5) is 12.3. The zero-order valence-electron chi connectivity index (χ0n) is 13.2. The second kappa shape index (κ2) is 6.44. The molecule has 23 heavy (non-hydrogen) atoms. The van der Waals surface area contributed by atoms with E-state index in [1.54, 1.807) is 24.6 Å². The van der Waals surface area contributed by atoms with Gasteiger partial charge in [-0.3, -0.25) is 9.48 Å². The SMILES string of the molecule is CCn1nc(C)c(C(=O)NCc2cccc(C(F)(F)F)c2)c1C. The molecule has 0 saturated heterocycles. The summed E-state index contributed by atoms with van der Waals surface area (Å²) in [6, 6.07) is 4.92.